The topological polar surface area (TPSA) is 57.6 Å². The van der Waals surface area contributed by atoms with E-state index in [1.54, 1.807) is 16.7 Å². The van der Waals surface area contributed by atoms with E-state index in [0.29, 0.717) is 18.1 Å². The third-order valence-electron chi connectivity index (χ3n) is 3.96. The number of amides is 1. The third-order valence-corrected chi connectivity index (χ3v) is 5.43. The monoisotopic (exact) mass is 271 g/mol. The van der Waals surface area contributed by atoms with Gasteiger partial charge in [-0.1, -0.05) is 26.2 Å². The number of carboxylic acids is 1. The summed E-state index contributed by atoms with van der Waals surface area (Å²) in [5.41, 5.74) is 0. The summed E-state index contributed by atoms with van der Waals surface area (Å²) in [7, 11) is 0. The van der Waals surface area contributed by atoms with Crippen LogP contribution in [0.25, 0.3) is 0 Å². The van der Waals surface area contributed by atoms with E-state index >= 15 is 0 Å². The molecule has 2 fully saturated rings. The number of hydrogen-bond donors (Lipinski definition) is 1. The number of hydrogen-bond acceptors (Lipinski definition) is 3. The molecular weight excluding hydrogens is 250 g/mol. The molecule has 1 aliphatic heterocycles. The van der Waals surface area contributed by atoms with Crippen LogP contribution >= 0.6 is 11.8 Å². The van der Waals surface area contributed by atoms with Crippen molar-refractivity contribution in [3.63, 3.8) is 0 Å². The van der Waals surface area contributed by atoms with E-state index in [4.69, 9.17) is 0 Å². The van der Waals surface area contributed by atoms with Crippen molar-refractivity contribution in [3.8, 4) is 0 Å². The molecule has 4 nitrogen and oxygen atoms in total. The van der Waals surface area contributed by atoms with Gasteiger partial charge in [0.1, 0.15) is 6.04 Å². The van der Waals surface area contributed by atoms with Gasteiger partial charge in [0.2, 0.25) is 5.91 Å². The molecule has 0 aromatic carbocycles. The Balaban J connectivity index is 2.13. The first-order valence-corrected chi connectivity index (χ1v) is 7.85. The number of carboxylic acid groups (broad SMARTS) is 1. The first-order valence-electron chi connectivity index (χ1n) is 6.80. The van der Waals surface area contributed by atoms with Gasteiger partial charge in [0.05, 0.1) is 5.37 Å². The highest BCUT2D eigenvalue weighted by Crippen LogP contribution is 2.40. The zero-order chi connectivity index (χ0) is 13.1. The van der Waals surface area contributed by atoms with Crippen molar-refractivity contribution in [1.29, 1.82) is 0 Å². The maximum Gasteiger partial charge on any atom is 0.327 e. The lowest BCUT2D eigenvalue weighted by Crippen LogP contribution is -2.47. The minimum atomic E-state index is -0.859. The Morgan fingerprint density at radius 3 is 2.50 bits per heavy atom. The zero-order valence-corrected chi connectivity index (χ0v) is 11.6. The maximum absolute atomic E-state index is 12.0. The Labute approximate surface area is 112 Å². The molecule has 2 aliphatic rings. The van der Waals surface area contributed by atoms with Gasteiger partial charge in [0.15, 0.2) is 0 Å². The molecule has 2 rings (SSSR count). The van der Waals surface area contributed by atoms with Crippen LogP contribution in [0.1, 0.15) is 45.4 Å². The number of carbonyl (C=O) groups excluding carboxylic acids is 1. The predicted octanol–water partition coefficient (Wildman–Crippen LogP) is 2.33. The number of aliphatic carboxylic acids is 1. The normalized spacial score (nSPS) is 29.5. The van der Waals surface area contributed by atoms with Crippen LogP contribution in [0.4, 0.5) is 0 Å². The van der Waals surface area contributed by atoms with Gasteiger partial charge in [-0.25, -0.2) is 4.79 Å². The molecule has 0 unspecified atom stereocenters. The average molecular weight is 271 g/mol. The standard InChI is InChI=1S/C13H21NO3S/c1-2-11(15)14-10(13(16)17)8-18-12(14)9-6-4-3-5-7-9/h9-10,12H,2-8H2,1H3,(H,16,17)/t10-,12+/m0/s1. The van der Waals surface area contributed by atoms with E-state index in [9.17, 15) is 14.7 Å². The van der Waals surface area contributed by atoms with E-state index in [2.05, 4.69) is 0 Å². The van der Waals surface area contributed by atoms with Crippen molar-refractivity contribution in [2.24, 2.45) is 5.92 Å². The van der Waals surface area contributed by atoms with Crippen LogP contribution < -0.4 is 0 Å². The fourth-order valence-electron chi connectivity index (χ4n) is 3.00. The minimum absolute atomic E-state index is 0.0111. The summed E-state index contributed by atoms with van der Waals surface area (Å²) >= 11 is 1.66. The highest BCUT2D eigenvalue weighted by Gasteiger charge is 2.44. The molecule has 0 radical (unpaired) electrons. The molecule has 1 N–H and O–H groups in total. The van der Waals surface area contributed by atoms with Crippen molar-refractivity contribution >= 4 is 23.6 Å². The Morgan fingerprint density at radius 1 is 1.28 bits per heavy atom. The second-order valence-corrected chi connectivity index (χ2v) is 6.28. The first kappa shape index (κ1) is 13.7. The smallest absolute Gasteiger partial charge is 0.327 e. The second-order valence-electron chi connectivity index (χ2n) is 5.13. The summed E-state index contributed by atoms with van der Waals surface area (Å²) in [4.78, 5) is 24.9. The second kappa shape index (κ2) is 5.95. The van der Waals surface area contributed by atoms with Crippen LogP contribution in [0.3, 0.4) is 0 Å². The van der Waals surface area contributed by atoms with Crippen LogP contribution in [0.2, 0.25) is 0 Å². The summed E-state index contributed by atoms with van der Waals surface area (Å²) in [5.74, 6) is 0.164. The molecule has 5 heteroatoms. The van der Waals surface area contributed by atoms with Crippen molar-refractivity contribution in [2.45, 2.75) is 56.9 Å². The molecule has 1 amide bonds. The predicted molar refractivity (Wildman–Crippen MR) is 71.4 cm³/mol. The van der Waals surface area contributed by atoms with Gasteiger partial charge in [-0.05, 0) is 18.8 Å². The molecule has 1 aliphatic carbocycles. The van der Waals surface area contributed by atoms with E-state index in [1.807, 2.05) is 6.92 Å². The highest BCUT2D eigenvalue weighted by molar-refractivity contribution is 8.00. The first-order chi connectivity index (χ1) is 8.65. The molecule has 0 aromatic rings. The average Bonchev–Trinajstić information content (AvgIpc) is 2.83. The third kappa shape index (κ3) is 2.66. The number of carbonyl (C=O) groups is 2. The Morgan fingerprint density at radius 2 is 1.94 bits per heavy atom. The summed E-state index contributed by atoms with van der Waals surface area (Å²) in [6.07, 6.45) is 6.38. The molecule has 18 heavy (non-hydrogen) atoms. The number of nitrogens with zero attached hydrogens (tertiary/aromatic N) is 1. The molecule has 0 bridgehead atoms. The SMILES string of the molecule is CCC(=O)N1[C@@H](C2CCCCC2)SC[C@H]1C(=O)O. The van der Waals surface area contributed by atoms with Crippen LogP contribution in [0.5, 0.6) is 0 Å². The zero-order valence-electron chi connectivity index (χ0n) is 10.8. The molecule has 1 saturated carbocycles. The highest BCUT2D eigenvalue weighted by atomic mass is 32.2. The molecular formula is C13H21NO3S. The molecule has 0 aromatic heterocycles. The Hall–Kier alpha value is -0.710. The lowest BCUT2D eigenvalue weighted by Gasteiger charge is -2.34. The van der Waals surface area contributed by atoms with Gasteiger partial charge >= 0.3 is 5.97 Å². The lowest BCUT2D eigenvalue weighted by molar-refractivity contribution is -0.149. The largest absolute Gasteiger partial charge is 0.480 e. The quantitative estimate of drug-likeness (QED) is 0.856. The van der Waals surface area contributed by atoms with Gasteiger partial charge in [0.25, 0.3) is 0 Å². The van der Waals surface area contributed by atoms with Crippen molar-refractivity contribution in [1.82, 2.24) is 4.90 Å². The van der Waals surface area contributed by atoms with Crippen molar-refractivity contribution < 1.29 is 14.7 Å². The number of rotatable bonds is 3. The Bertz CT molecular complexity index is 328. The molecule has 1 heterocycles. The summed E-state index contributed by atoms with van der Waals surface area (Å²) in [6, 6.07) is -0.616. The van der Waals surface area contributed by atoms with E-state index < -0.39 is 12.0 Å². The van der Waals surface area contributed by atoms with E-state index in [0.717, 1.165) is 12.8 Å². The van der Waals surface area contributed by atoms with Crippen LogP contribution in [0, 0.1) is 5.92 Å². The van der Waals surface area contributed by atoms with Gasteiger partial charge in [-0.3, -0.25) is 4.79 Å². The molecule has 2 atom stereocenters. The van der Waals surface area contributed by atoms with Gasteiger partial charge in [-0.2, -0.15) is 0 Å². The van der Waals surface area contributed by atoms with E-state index in [1.165, 1.54) is 19.3 Å². The van der Waals surface area contributed by atoms with Gasteiger partial charge < -0.3 is 10.0 Å². The molecule has 1 saturated heterocycles. The van der Waals surface area contributed by atoms with Crippen molar-refractivity contribution in [3.05, 3.63) is 0 Å². The fraction of sp³-hybridized carbons (Fsp3) is 0.846. The molecule has 102 valence electrons. The summed E-state index contributed by atoms with van der Waals surface area (Å²) in [6.45, 7) is 1.81. The van der Waals surface area contributed by atoms with Gasteiger partial charge in [0, 0.05) is 12.2 Å². The number of thioether (sulfide) groups is 1. The molecule has 0 spiro atoms. The van der Waals surface area contributed by atoms with E-state index in [-0.39, 0.29) is 11.3 Å². The summed E-state index contributed by atoms with van der Waals surface area (Å²) < 4.78 is 0. The lowest BCUT2D eigenvalue weighted by atomic mass is 9.88. The minimum Gasteiger partial charge on any atom is -0.480 e. The fourth-order valence-corrected chi connectivity index (χ4v) is 4.65. The van der Waals surface area contributed by atoms with Crippen LogP contribution in [-0.2, 0) is 9.59 Å². The Kier molecular flexibility index (Phi) is 4.54. The van der Waals surface area contributed by atoms with Gasteiger partial charge in [-0.15, -0.1) is 11.8 Å². The van der Waals surface area contributed by atoms with Crippen LogP contribution in [-0.4, -0.2) is 39.1 Å². The van der Waals surface area contributed by atoms with Crippen molar-refractivity contribution in [2.75, 3.05) is 5.75 Å². The van der Waals surface area contributed by atoms with Crippen LogP contribution in [0.15, 0.2) is 0 Å². The summed E-state index contributed by atoms with van der Waals surface area (Å²) in [5, 5.41) is 9.33. The maximum atomic E-state index is 12.0.